The van der Waals surface area contributed by atoms with Crippen LogP contribution >= 0.6 is 11.6 Å². The maximum absolute atomic E-state index is 12.6. The molecule has 0 fully saturated rings. The first-order chi connectivity index (χ1) is 11.5. The highest BCUT2D eigenvalue weighted by Gasteiger charge is 2.46. The molecule has 2 aromatic rings. The van der Waals surface area contributed by atoms with Crippen molar-refractivity contribution in [2.24, 2.45) is 0 Å². The summed E-state index contributed by atoms with van der Waals surface area (Å²) < 4.78 is 9.86. The van der Waals surface area contributed by atoms with Crippen molar-refractivity contribution in [2.75, 3.05) is 12.0 Å². The number of rotatable bonds is 2. The van der Waals surface area contributed by atoms with Crippen LogP contribution in [0.2, 0.25) is 5.02 Å². The number of methoxy groups -OCH3 is 1. The fourth-order valence-electron chi connectivity index (χ4n) is 2.51. The van der Waals surface area contributed by atoms with Crippen molar-refractivity contribution in [1.82, 2.24) is 0 Å². The maximum Gasteiger partial charge on any atom is 0.426 e. The average molecular weight is 346 g/mol. The number of para-hydroxylation sites is 1. The Labute approximate surface area is 142 Å². The van der Waals surface area contributed by atoms with E-state index in [0.717, 1.165) is 4.90 Å². The Kier molecular flexibility index (Phi) is 4.22. The van der Waals surface area contributed by atoms with Crippen LogP contribution in [0.15, 0.2) is 48.5 Å². The molecular formula is C17H12ClNO5. The van der Waals surface area contributed by atoms with E-state index in [9.17, 15) is 14.4 Å². The van der Waals surface area contributed by atoms with E-state index in [0.29, 0.717) is 10.6 Å². The quantitative estimate of drug-likeness (QED) is 0.617. The van der Waals surface area contributed by atoms with Gasteiger partial charge in [-0.2, -0.15) is 0 Å². The van der Waals surface area contributed by atoms with Crippen molar-refractivity contribution in [1.29, 1.82) is 0 Å². The number of fused-ring (bicyclic) bond motifs is 1. The van der Waals surface area contributed by atoms with Crippen LogP contribution in [-0.4, -0.2) is 25.1 Å². The number of halogens is 1. The topological polar surface area (TPSA) is 72.9 Å². The molecule has 0 spiro atoms. The second kappa shape index (κ2) is 6.33. The number of anilines is 1. The van der Waals surface area contributed by atoms with Gasteiger partial charge in [-0.15, -0.1) is 0 Å². The summed E-state index contributed by atoms with van der Waals surface area (Å²) in [4.78, 5) is 37.8. The van der Waals surface area contributed by atoms with Crippen LogP contribution in [0.1, 0.15) is 11.5 Å². The number of imide groups is 1. The Morgan fingerprint density at radius 2 is 1.83 bits per heavy atom. The molecule has 2 amide bonds. The molecule has 122 valence electrons. The van der Waals surface area contributed by atoms with E-state index in [1.807, 2.05) is 0 Å². The zero-order chi connectivity index (χ0) is 17.3. The highest BCUT2D eigenvalue weighted by molar-refractivity contribution is 6.32. The van der Waals surface area contributed by atoms with Gasteiger partial charge in [0.2, 0.25) is 0 Å². The van der Waals surface area contributed by atoms with Gasteiger partial charge in [-0.25, -0.2) is 9.69 Å². The van der Waals surface area contributed by atoms with Gasteiger partial charge in [0.25, 0.3) is 5.91 Å². The van der Waals surface area contributed by atoms with E-state index in [1.165, 1.54) is 25.3 Å². The Balaban J connectivity index is 1.98. The van der Waals surface area contributed by atoms with Gasteiger partial charge in [0.15, 0.2) is 5.92 Å². The minimum Gasteiger partial charge on any atom is -0.468 e. The first kappa shape index (κ1) is 16.0. The molecule has 0 radical (unpaired) electrons. The third-order valence-electron chi connectivity index (χ3n) is 3.58. The fraction of sp³-hybridized carbons (Fsp3) is 0.118. The predicted octanol–water partition coefficient (Wildman–Crippen LogP) is 3.14. The number of hydrogen-bond donors (Lipinski definition) is 0. The molecule has 0 saturated carbocycles. The maximum atomic E-state index is 12.6. The van der Waals surface area contributed by atoms with E-state index in [4.69, 9.17) is 16.3 Å². The third kappa shape index (κ3) is 2.72. The van der Waals surface area contributed by atoms with Gasteiger partial charge in [-0.3, -0.25) is 9.59 Å². The number of amides is 2. The molecular weight excluding hydrogens is 334 g/mol. The molecule has 24 heavy (non-hydrogen) atoms. The second-order valence-corrected chi connectivity index (χ2v) is 5.45. The van der Waals surface area contributed by atoms with E-state index in [1.54, 1.807) is 30.3 Å². The molecule has 3 rings (SSSR count). The van der Waals surface area contributed by atoms with E-state index < -0.39 is 23.9 Å². The largest absolute Gasteiger partial charge is 0.468 e. The number of ether oxygens (including phenoxy) is 2. The second-order valence-electron chi connectivity index (χ2n) is 5.01. The smallest absolute Gasteiger partial charge is 0.426 e. The van der Waals surface area contributed by atoms with Crippen molar-refractivity contribution in [2.45, 2.75) is 5.92 Å². The summed E-state index contributed by atoms with van der Waals surface area (Å²) >= 11 is 5.94. The summed E-state index contributed by atoms with van der Waals surface area (Å²) in [6, 6.07) is 12.8. The van der Waals surface area contributed by atoms with Crippen molar-refractivity contribution in [3.63, 3.8) is 0 Å². The van der Waals surface area contributed by atoms with E-state index in [2.05, 4.69) is 4.74 Å². The number of carbonyl (C=O) groups is 3. The lowest BCUT2D eigenvalue weighted by Gasteiger charge is -2.15. The van der Waals surface area contributed by atoms with Crippen LogP contribution < -0.4 is 9.64 Å². The molecule has 0 aromatic heterocycles. The minimum atomic E-state index is -1.24. The number of hydrogen-bond acceptors (Lipinski definition) is 5. The Hall–Kier alpha value is -2.86. The SMILES string of the molecule is COC(=O)C1C(=O)N(C(=O)Oc2ccccc2)c2ccc(Cl)cc21. The highest BCUT2D eigenvalue weighted by Crippen LogP contribution is 2.40. The summed E-state index contributed by atoms with van der Waals surface area (Å²) in [5.41, 5.74) is 0.560. The van der Waals surface area contributed by atoms with Crippen molar-refractivity contribution >= 4 is 35.3 Å². The number of esters is 1. The van der Waals surface area contributed by atoms with Gasteiger partial charge in [0, 0.05) is 10.6 Å². The number of benzene rings is 2. The molecule has 0 aliphatic carbocycles. The first-order valence-corrected chi connectivity index (χ1v) is 7.39. The molecule has 1 aliphatic heterocycles. The standard InChI is InChI=1S/C17H12ClNO5/c1-23-16(21)14-12-9-10(18)7-8-13(12)19(15(14)20)17(22)24-11-5-3-2-4-6-11/h2-9,14H,1H3. The summed E-state index contributed by atoms with van der Waals surface area (Å²) in [7, 11) is 1.17. The lowest BCUT2D eigenvalue weighted by molar-refractivity contribution is -0.145. The van der Waals surface area contributed by atoms with Crippen LogP contribution in [0.25, 0.3) is 0 Å². The van der Waals surface area contributed by atoms with E-state index >= 15 is 0 Å². The zero-order valence-corrected chi connectivity index (χ0v) is 13.3. The van der Waals surface area contributed by atoms with Gasteiger partial charge >= 0.3 is 12.1 Å². The lowest BCUT2D eigenvalue weighted by atomic mass is 10.0. The van der Waals surface area contributed by atoms with Crippen molar-refractivity contribution < 1.29 is 23.9 Å². The minimum absolute atomic E-state index is 0.251. The molecule has 7 heteroatoms. The van der Waals surface area contributed by atoms with Crippen molar-refractivity contribution in [3.05, 3.63) is 59.1 Å². The van der Waals surface area contributed by atoms with Crippen LogP contribution in [0, 0.1) is 0 Å². The fourth-order valence-corrected chi connectivity index (χ4v) is 2.69. The van der Waals surface area contributed by atoms with Gasteiger partial charge in [-0.1, -0.05) is 29.8 Å². The van der Waals surface area contributed by atoms with Gasteiger partial charge in [-0.05, 0) is 30.3 Å². The summed E-state index contributed by atoms with van der Waals surface area (Å²) in [5.74, 6) is -2.46. The van der Waals surface area contributed by atoms with Crippen molar-refractivity contribution in [3.8, 4) is 5.75 Å². The molecule has 1 atom stereocenters. The molecule has 0 saturated heterocycles. The Bertz CT molecular complexity index is 821. The van der Waals surface area contributed by atoms with Crippen LogP contribution in [0.4, 0.5) is 10.5 Å². The molecule has 1 aliphatic rings. The van der Waals surface area contributed by atoms with E-state index in [-0.39, 0.29) is 11.4 Å². The van der Waals surface area contributed by atoms with Gasteiger partial charge in [0.1, 0.15) is 5.75 Å². The average Bonchev–Trinajstić information content (AvgIpc) is 2.86. The zero-order valence-electron chi connectivity index (χ0n) is 12.6. The number of nitrogens with zero attached hydrogens (tertiary/aromatic N) is 1. The van der Waals surface area contributed by atoms with Gasteiger partial charge in [0.05, 0.1) is 12.8 Å². The van der Waals surface area contributed by atoms with Crippen LogP contribution in [0.5, 0.6) is 5.75 Å². The predicted molar refractivity (Wildman–Crippen MR) is 86.2 cm³/mol. The molecule has 2 aromatic carbocycles. The first-order valence-electron chi connectivity index (χ1n) is 7.01. The molecule has 1 unspecified atom stereocenters. The highest BCUT2D eigenvalue weighted by atomic mass is 35.5. The summed E-state index contributed by atoms with van der Waals surface area (Å²) in [6.45, 7) is 0. The number of carbonyl (C=O) groups excluding carboxylic acids is 3. The summed E-state index contributed by atoms with van der Waals surface area (Å²) in [6.07, 6.45) is -0.902. The molecule has 1 heterocycles. The van der Waals surface area contributed by atoms with Crippen LogP contribution in [-0.2, 0) is 14.3 Å². The molecule has 0 N–H and O–H groups in total. The Morgan fingerprint density at radius 1 is 1.12 bits per heavy atom. The third-order valence-corrected chi connectivity index (χ3v) is 3.81. The molecule has 6 nitrogen and oxygen atoms in total. The molecule has 0 bridgehead atoms. The summed E-state index contributed by atoms with van der Waals surface area (Å²) in [5, 5.41) is 0.341. The Morgan fingerprint density at radius 3 is 2.50 bits per heavy atom. The lowest BCUT2D eigenvalue weighted by Crippen LogP contribution is -2.39. The monoisotopic (exact) mass is 345 g/mol. The van der Waals surface area contributed by atoms with Gasteiger partial charge < -0.3 is 9.47 Å². The van der Waals surface area contributed by atoms with Crippen LogP contribution in [0.3, 0.4) is 0 Å². The normalized spacial score (nSPS) is 15.8.